The van der Waals surface area contributed by atoms with Crippen molar-refractivity contribution in [3.63, 3.8) is 0 Å². The van der Waals surface area contributed by atoms with E-state index in [0.717, 1.165) is 7.11 Å². The molecule has 1 aromatic heterocycles. The fourth-order valence-electron chi connectivity index (χ4n) is 2.53. The first-order valence-electron chi connectivity index (χ1n) is 6.67. The molecular formula is C14H16N2O7. The lowest BCUT2D eigenvalue weighted by molar-refractivity contribution is -0.155. The van der Waals surface area contributed by atoms with E-state index in [1.54, 1.807) is 0 Å². The molecule has 124 valence electrons. The van der Waals surface area contributed by atoms with E-state index in [1.165, 1.54) is 21.3 Å². The lowest BCUT2D eigenvalue weighted by Gasteiger charge is -2.28. The number of rotatable bonds is 4. The van der Waals surface area contributed by atoms with Crippen LogP contribution in [0, 0.1) is 11.8 Å². The van der Waals surface area contributed by atoms with Crippen molar-refractivity contribution in [3.05, 3.63) is 11.3 Å². The fraction of sp³-hybridized carbons (Fsp3) is 0.500. The van der Waals surface area contributed by atoms with E-state index in [4.69, 9.17) is 9.47 Å². The monoisotopic (exact) mass is 324 g/mol. The van der Waals surface area contributed by atoms with Crippen LogP contribution in [0.25, 0.3) is 0 Å². The van der Waals surface area contributed by atoms with E-state index in [2.05, 4.69) is 19.4 Å². The van der Waals surface area contributed by atoms with Crippen molar-refractivity contribution < 1.29 is 33.3 Å². The van der Waals surface area contributed by atoms with Gasteiger partial charge in [-0.15, -0.1) is 0 Å². The Hall–Kier alpha value is -2.71. The van der Waals surface area contributed by atoms with Crippen LogP contribution < -0.4 is 9.47 Å². The number of fused-ring (bicyclic) bond motifs is 1. The molecule has 0 aliphatic heterocycles. The molecule has 0 spiro atoms. The second kappa shape index (κ2) is 6.59. The average Bonchev–Trinajstić information content (AvgIpc) is 2.58. The third-order valence-corrected chi connectivity index (χ3v) is 3.61. The van der Waals surface area contributed by atoms with Gasteiger partial charge in [-0.25, -0.2) is 0 Å². The van der Waals surface area contributed by atoms with Crippen molar-refractivity contribution in [2.75, 3.05) is 28.4 Å². The molecule has 1 aliphatic rings. The molecule has 1 heterocycles. The molecule has 23 heavy (non-hydrogen) atoms. The second-order valence-electron chi connectivity index (χ2n) is 4.74. The Labute approximate surface area is 131 Å². The van der Waals surface area contributed by atoms with Crippen LogP contribution in [-0.4, -0.2) is 56.1 Å². The summed E-state index contributed by atoms with van der Waals surface area (Å²) in [6.45, 7) is 0. The highest BCUT2D eigenvalue weighted by molar-refractivity contribution is 6.13. The van der Waals surface area contributed by atoms with Crippen LogP contribution in [0.5, 0.6) is 11.9 Å². The Bertz CT molecular complexity index is 659. The third kappa shape index (κ3) is 2.81. The summed E-state index contributed by atoms with van der Waals surface area (Å²) < 4.78 is 19.4. The third-order valence-electron chi connectivity index (χ3n) is 3.61. The zero-order valence-electron chi connectivity index (χ0n) is 13.1. The lowest BCUT2D eigenvalue weighted by atomic mass is 9.77. The number of esters is 2. The maximum atomic E-state index is 12.7. The van der Waals surface area contributed by atoms with Gasteiger partial charge in [-0.1, -0.05) is 0 Å². The van der Waals surface area contributed by atoms with Crippen LogP contribution in [0.1, 0.15) is 16.1 Å². The Morgan fingerprint density at radius 2 is 1.65 bits per heavy atom. The minimum Gasteiger partial charge on any atom is -0.480 e. The van der Waals surface area contributed by atoms with Crippen molar-refractivity contribution in [1.29, 1.82) is 0 Å². The number of carbonyl (C=O) groups is 3. The van der Waals surface area contributed by atoms with E-state index < -0.39 is 29.6 Å². The second-order valence-corrected chi connectivity index (χ2v) is 4.74. The van der Waals surface area contributed by atoms with E-state index in [1.807, 2.05) is 0 Å². The van der Waals surface area contributed by atoms with E-state index in [0.29, 0.717) is 0 Å². The number of hydrogen-bond acceptors (Lipinski definition) is 9. The summed E-state index contributed by atoms with van der Waals surface area (Å²) in [6.07, 6.45) is 0.00273. The zero-order valence-corrected chi connectivity index (χ0v) is 13.1. The quantitative estimate of drug-likeness (QED) is 0.549. The SMILES string of the molecule is COC(=O)[C@H]1C(=O)c2c(nc(OC)nc2OC)C[C@@H]1C(=O)OC. The molecule has 0 saturated heterocycles. The maximum absolute atomic E-state index is 12.7. The smallest absolute Gasteiger partial charge is 0.319 e. The van der Waals surface area contributed by atoms with Gasteiger partial charge >= 0.3 is 17.9 Å². The Morgan fingerprint density at radius 3 is 2.17 bits per heavy atom. The summed E-state index contributed by atoms with van der Waals surface area (Å²) in [6, 6.07) is -0.00599. The molecule has 1 aliphatic carbocycles. The van der Waals surface area contributed by atoms with Gasteiger partial charge in [0.05, 0.1) is 40.1 Å². The molecular weight excluding hydrogens is 308 g/mol. The van der Waals surface area contributed by atoms with E-state index >= 15 is 0 Å². The van der Waals surface area contributed by atoms with Crippen molar-refractivity contribution in [3.8, 4) is 11.9 Å². The molecule has 2 atom stereocenters. The molecule has 0 radical (unpaired) electrons. The van der Waals surface area contributed by atoms with Gasteiger partial charge in [-0.3, -0.25) is 14.4 Å². The Morgan fingerprint density at radius 1 is 1.00 bits per heavy atom. The molecule has 0 N–H and O–H groups in total. The van der Waals surface area contributed by atoms with Crippen LogP contribution in [0.4, 0.5) is 0 Å². The van der Waals surface area contributed by atoms with E-state index in [9.17, 15) is 14.4 Å². The van der Waals surface area contributed by atoms with Gasteiger partial charge in [-0.2, -0.15) is 9.97 Å². The molecule has 1 aromatic rings. The largest absolute Gasteiger partial charge is 0.480 e. The van der Waals surface area contributed by atoms with Crippen LogP contribution in [0.3, 0.4) is 0 Å². The Kier molecular flexibility index (Phi) is 4.77. The van der Waals surface area contributed by atoms with Gasteiger partial charge in [0.25, 0.3) is 0 Å². The average molecular weight is 324 g/mol. The predicted octanol–water partition coefficient (Wildman–Crippen LogP) is -0.189. The Balaban J connectivity index is 2.61. The molecule has 0 bridgehead atoms. The summed E-state index contributed by atoms with van der Waals surface area (Å²) in [5.41, 5.74) is 0.304. The van der Waals surface area contributed by atoms with Crippen LogP contribution in [0.2, 0.25) is 0 Å². The van der Waals surface area contributed by atoms with Gasteiger partial charge in [0.1, 0.15) is 11.5 Å². The first-order chi connectivity index (χ1) is 11.0. The first-order valence-corrected chi connectivity index (χ1v) is 6.67. The molecule has 9 heteroatoms. The summed E-state index contributed by atoms with van der Waals surface area (Å²) >= 11 is 0. The van der Waals surface area contributed by atoms with Crippen molar-refractivity contribution in [1.82, 2.24) is 9.97 Å². The highest BCUT2D eigenvalue weighted by Crippen LogP contribution is 2.36. The molecule has 9 nitrogen and oxygen atoms in total. The van der Waals surface area contributed by atoms with Crippen LogP contribution in [-0.2, 0) is 25.5 Å². The van der Waals surface area contributed by atoms with Gasteiger partial charge in [-0.05, 0) is 0 Å². The first kappa shape index (κ1) is 16.7. The van der Waals surface area contributed by atoms with Crippen LogP contribution in [0.15, 0.2) is 0 Å². The molecule has 0 aromatic carbocycles. The van der Waals surface area contributed by atoms with Gasteiger partial charge < -0.3 is 18.9 Å². The van der Waals surface area contributed by atoms with Crippen molar-refractivity contribution in [2.45, 2.75) is 6.42 Å². The number of nitrogens with zero attached hydrogens (tertiary/aromatic N) is 2. The predicted molar refractivity (Wildman–Crippen MR) is 74.2 cm³/mol. The number of methoxy groups -OCH3 is 4. The van der Waals surface area contributed by atoms with E-state index in [-0.39, 0.29) is 29.6 Å². The van der Waals surface area contributed by atoms with Crippen molar-refractivity contribution in [2.24, 2.45) is 11.8 Å². The number of Topliss-reactive ketones (excluding diaryl/α,β-unsaturated/α-hetero) is 1. The molecule has 2 rings (SSSR count). The summed E-state index contributed by atoms with van der Waals surface area (Å²) in [7, 11) is 5.01. The molecule has 0 fully saturated rings. The van der Waals surface area contributed by atoms with Gasteiger partial charge in [0, 0.05) is 6.42 Å². The summed E-state index contributed by atoms with van der Waals surface area (Å²) in [5.74, 6) is -4.55. The zero-order chi connectivity index (χ0) is 17.1. The molecule has 0 amide bonds. The summed E-state index contributed by atoms with van der Waals surface area (Å²) in [4.78, 5) is 44.7. The number of ether oxygens (including phenoxy) is 4. The van der Waals surface area contributed by atoms with Gasteiger partial charge in [0.15, 0.2) is 5.78 Å². The minimum absolute atomic E-state index is 0.00273. The highest BCUT2D eigenvalue weighted by atomic mass is 16.5. The van der Waals surface area contributed by atoms with Gasteiger partial charge in [0.2, 0.25) is 5.88 Å². The maximum Gasteiger partial charge on any atom is 0.319 e. The summed E-state index contributed by atoms with van der Waals surface area (Å²) in [5, 5.41) is 0. The molecule has 0 saturated carbocycles. The standard InChI is InChI=1S/C14H16N2O7/c1-20-11-9-7(15-14(16-11)23-4)5-6(12(18)21-2)8(10(9)17)13(19)22-3/h6,8H,5H2,1-4H3/t6-,8+/m0/s1. The number of hydrogen-bond donors (Lipinski definition) is 0. The molecule has 0 unspecified atom stereocenters. The highest BCUT2D eigenvalue weighted by Gasteiger charge is 2.48. The lowest BCUT2D eigenvalue weighted by Crippen LogP contribution is -2.43. The topological polar surface area (TPSA) is 114 Å². The number of aromatic nitrogens is 2. The number of carbonyl (C=O) groups excluding carboxylic acids is 3. The number of ketones is 1. The minimum atomic E-state index is -1.33. The normalized spacial score (nSPS) is 19.6. The fourth-order valence-corrected chi connectivity index (χ4v) is 2.53. The van der Waals surface area contributed by atoms with Crippen molar-refractivity contribution >= 4 is 17.7 Å². The van der Waals surface area contributed by atoms with Crippen LogP contribution >= 0.6 is 0 Å².